The van der Waals surface area contributed by atoms with E-state index in [0.29, 0.717) is 4.90 Å². The molecular formula is C11H11O2S+. The highest BCUT2D eigenvalue weighted by Gasteiger charge is 2.15. The molecule has 0 aliphatic rings. The molecule has 0 bridgehead atoms. The first-order chi connectivity index (χ1) is 6.59. The molecule has 0 fully saturated rings. The molecule has 0 aliphatic heterocycles. The first-order valence-corrected chi connectivity index (χ1v) is 6.21. The van der Waals surface area contributed by atoms with Crippen molar-refractivity contribution in [2.24, 2.45) is 0 Å². The molecule has 0 radical (unpaired) electrons. The van der Waals surface area contributed by atoms with Crippen molar-refractivity contribution in [1.29, 1.82) is 0 Å². The number of fused-ring (bicyclic) bond motifs is 1. The summed E-state index contributed by atoms with van der Waals surface area (Å²) in [6, 6.07) is 13.0. The highest BCUT2D eigenvalue weighted by atomic mass is 32.2. The van der Waals surface area contributed by atoms with E-state index in [1.807, 2.05) is 30.3 Å². The summed E-state index contributed by atoms with van der Waals surface area (Å²) in [6.07, 6.45) is 1.34. The summed E-state index contributed by atoms with van der Waals surface area (Å²) in [5.41, 5.74) is 0. The Bertz CT molecular complexity index is 565. The van der Waals surface area contributed by atoms with Gasteiger partial charge in [0.15, 0.2) is 0 Å². The zero-order chi connectivity index (χ0) is 10.2. The second-order valence-electron chi connectivity index (χ2n) is 3.28. The highest BCUT2D eigenvalue weighted by Crippen LogP contribution is 2.22. The van der Waals surface area contributed by atoms with Gasteiger partial charge in [0, 0.05) is 5.39 Å². The molecule has 0 amide bonds. The summed E-state index contributed by atoms with van der Waals surface area (Å²) in [6.45, 7) is 0. The van der Waals surface area contributed by atoms with Crippen molar-refractivity contribution in [3.8, 4) is 0 Å². The van der Waals surface area contributed by atoms with Crippen LogP contribution >= 0.6 is 0 Å². The number of hydrogen-bond acceptors (Lipinski definition) is 1. The third-order valence-electron chi connectivity index (χ3n) is 2.16. The lowest BCUT2D eigenvalue weighted by Gasteiger charge is -2.00. The fourth-order valence-electron chi connectivity index (χ4n) is 1.53. The maximum atomic E-state index is 11.6. The molecule has 0 spiro atoms. The lowest BCUT2D eigenvalue weighted by atomic mass is 10.1. The molecule has 0 heterocycles. The van der Waals surface area contributed by atoms with Crippen LogP contribution in [0.25, 0.3) is 10.8 Å². The van der Waals surface area contributed by atoms with E-state index in [1.165, 1.54) is 6.26 Å². The number of rotatable bonds is 1. The van der Waals surface area contributed by atoms with Gasteiger partial charge in [-0.3, -0.25) is 0 Å². The van der Waals surface area contributed by atoms with Gasteiger partial charge in [0.1, 0.15) is 4.90 Å². The van der Waals surface area contributed by atoms with Gasteiger partial charge in [0.25, 0.3) is 0 Å². The molecule has 2 rings (SSSR count). The van der Waals surface area contributed by atoms with Crippen molar-refractivity contribution >= 4 is 20.6 Å². The Morgan fingerprint density at radius 3 is 2.43 bits per heavy atom. The maximum absolute atomic E-state index is 11.6. The first kappa shape index (κ1) is 9.21. The molecule has 2 nitrogen and oxygen atoms in total. The van der Waals surface area contributed by atoms with E-state index >= 15 is 0 Å². The standard InChI is InChI=1S/C11H10O2S/c1-14(12,13)11-8-4-6-9-5-2-3-7-10(9)11/h2-8H,1H3/p+1. The van der Waals surface area contributed by atoms with Crippen LogP contribution in [-0.4, -0.2) is 14.7 Å². The molecule has 0 saturated heterocycles. The monoisotopic (exact) mass is 207 g/mol. The molecule has 2 aromatic carbocycles. The Balaban J connectivity index is 2.92. The van der Waals surface area contributed by atoms with Crippen LogP contribution in [0.15, 0.2) is 47.4 Å². The molecular weight excluding hydrogens is 196 g/mol. The normalized spacial score (nSPS) is 15.2. The van der Waals surface area contributed by atoms with E-state index in [4.69, 9.17) is 0 Å². The minimum absolute atomic E-state index is 0.510. The van der Waals surface area contributed by atoms with Crippen LogP contribution in [0.4, 0.5) is 0 Å². The van der Waals surface area contributed by atoms with Gasteiger partial charge in [0.2, 0.25) is 0 Å². The molecule has 0 saturated carbocycles. The lowest BCUT2D eigenvalue weighted by molar-refractivity contribution is 0.622. The van der Waals surface area contributed by atoms with Crippen LogP contribution in [-0.2, 0) is 9.84 Å². The van der Waals surface area contributed by atoms with Crippen molar-refractivity contribution < 1.29 is 8.42 Å². The first-order valence-electron chi connectivity index (χ1n) is 4.28. The zero-order valence-corrected chi connectivity index (χ0v) is 8.62. The summed E-state index contributed by atoms with van der Waals surface area (Å²) in [5, 5.41) is 1.85. The van der Waals surface area contributed by atoms with E-state index in [0.717, 1.165) is 10.8 Å². The molecule has 0 aliphatic carbocycles. The van der Waals surface area contributed by atoms with Crippen LogP contribution in [0.1, 0.15) is 0 Å². The van der Waals surface area contributed by atoms with Crippen molar-refractivity contribution in [3.63, 3.8) is 0 Å². The quantitative estimate of drug-likeness (QED) is 0.662. The van der Waals surface area contributed by atoms with Crippen molar-refractivity contribution in [1.82, 2.24) is 0 Å². The molecule has 3 heteroatoms. The Labute approximate surface area is 83.1 Å². The second-order valence-corrected chi connectivity index (χ2v) is 5.32. The second kappa shape index (κ2) is 3.10. The molecule has 14 heavy (non-hydrogen) atoms. The van der Waals surface area contributed by atoms with Crippen LogP contribution in [0, 0.1) is 0 Å². The van der Waals surface area contributed by atoms with Gasteiger partial charge in [-0.25, -0.2) is 4.21 Å². The van der Waals surface area contributed by atoms with E-state index in [1.54, 1.807) is 12.1 Å². The van der Waals surface area contributed by atoms with Gasteiger partial charge in [0.05, 0.1) is 6.26 Å². The number of hydrogen-bond donors (Lipinski definition) is 0. The smallest absolute Gasteiger partial charge is 0.224 e. The van der Waals surface area contributed by atoms with Gasteiger partial charge < -0.3 is 0 Å². The predicted molar refractivity (Wildman–Crippen MR) is 58.2 cm³/mol. The minimum atomic E-state index is -2.88. The average molecular weight is 207 g/mol. The Morgan fingerprint density at radius 2 is 1.71 bits per heavy atom. The summed E-state index contributed by atoms with van der Waals surface area (Å²) in [4.78, 5) is 0.510. The molecule has 1 N–H and O–H groups in total. The minimum Gasteiger partial charge on any atom is -0.224 e. The summed E-state index contributed by atoms with van der Waals surface area (Å²) < 4.78 is 21.1. The van der Waals surface area contributed by atoms with Crippen LogP contribution in [0.3, 0.4) is 0 Å². The van der Waals surface area contributed by atoms with Crippen LogP contribution < -0.4 is 0 Å². The topological polar surface area (TPSA) is 38.5 Å². The highest BCUT2D eigenvalue weighted by molar-refractivity contribution is 7.91. The summed E-state index contributed by atoms with van der Waals surface area (Å²) >= 11 is 0. The fraction of sp³-hybridized carbons (Fsp3) is 0.0909. The van der Waals surface area contributed by atoms with Crippen LogP contribution in [0.5, 0.6) is 0 Å². The van der Waals surface area contributed by atoms with Crippen molar-refractivity contribution in [3.05, 3.63) is 42.5 Å². The van der Waals surface area contributed by atoms with Gasteiger partial charge in [-0.15, -0.1) is 0 Å². The average Bonchev–Trinajstić information content (AvgIpc) is 2.15. The maximum Gasteiger partial charge on any atom is 0.300 e. The predicted octanol–water partition coefficient (Wildman–Crippen LogP) is 2.40. The molecule has 2 aromatic rings. The van der Waals surface area contributed by atoms with Crippen LogP contribution in [0.2, 0.25) is 0 Å². The molecule has 1 atom stereocenters. The molecule has 1 unspecified atom stereocenters. The van der Waals surface area contributed by atoms with E-state index in [2.05, 4.69) is 0 Å². The largest absolute Gasteiger partial charge is 0.300 e. The van der Waals surface area contributed by atoms with E-state index in [-0.39, 0.29) is 0 Å². The summed E-state index contributed by atoms with van der Waals surface area (Å²) in [5.74, 6) is 0. The third kappa shape index (κ3) is 1.51. The zero-order valence-electron chi connectivity index (χ0n) is 7.81. The summed E-state index contributed by atoms with van der Waals surface area (Å²) in [7, 11) is -2.88. The third-order valence-corrected chi connectivity index (χ3v) is 3.33. The lowest BCUT2D eigenvalue weighted by Crippen LogP contribution is -1.97. The van der Waals surface area contributed by atoms with Gasteiger partial charge in [-0.2, -0.15) is 4.21 Å². The van der Waals surface area contributed by atoms with Crippen molar-refractivity contribution in [2.45, 2.75) is 4.90 Å². The van der Waals surface area contributed by atoms with E-state index in [9.17, 15) is 8.42 Å². The molecule has 0 aromatic heterocycles. The Kier molecular flexibility index (Phi) is 2.04. The van der Waals surface area contributed by atoms with Gasteiger partial charge in [-0.05, 0) is 11.5 Å². The SMILES string of the molecule is CS(=O)(=[OH+])c1cccc2ccccc12. The van der Waals surface area contributed by atoms with Crippen molar-refractivity contribution in [2.75, 3.05) is 6.26 Å². The number of benzene rings is 2. The Morgan fingerprint density at radius 1 is 1.07 bits per heavy atom. The fourth-order valence-corrected chi connectivity index (χ4v) is 2.45. The van der Waals surface area contributed by atoms with Gasteiger partial charge >= 0.3 is 9.84 Å². The van der Waals surface area contributed by atoms with E-state index < -0.39 is 9.84 Å². The van der Waals surface area contributed by atoms with Gasteiger partial charge in [-0.1, -0.05) is 36.4 Å². The Hall–Kier alpha value is -1.35. The molecule has 72 valence electrons.